The molecule has 1 unspecified atom stereocenters. The Bertz CT molecular complexity index is 512. The van der Waals surface area contributed by atoms with E-state index in [1.807, 2.05) is 0 Å². The minimum absolute atomic E-state index is 0.138. The van der Waals surface area contributed by atoms with Crippen LogP contribution in [-0.2, 0) is 0 Å². The molecule has 0 fully saturated rings. The summed E-state index contributed by atoms with van der Waals surface area (Å²) < 4.78 is 27.0. The van der Waals surface area contributed by atoms with E-state index in [1.165, 1.54) is 23.5 Å². The zero-order valence-electron chi connectivity index (χ0n) is 8.08. The maximum atomic E-state index is 13.5. The molecule has 0 aliphatic carbocycles. The molecule has 0 aliphatic rings. The molecule has 0 bridgehead atoms. The van der Waals surface area contributed by atoms with Crippen LogP contribution < -0.4 is 5.73 Å². The summed E-state index contributed by atoms with van der Waals surface area (Å²) in [5, 5.41) is 0. The standard InChI is InChI=1S/C11H8ClF2NS/c12-9-5-4-8(16-9)11(15)6-2-1-3-7(13)10(6)14/h1-5,11H,15H2. The van der Waals surface area contributed by atoms with E-state index in [0.29, 0.717) is 9.21 Å². The van der Waals surface area contributed by atoms with E-state index >= 15 is 0 Å². The summed E-state index contributed by atoms with van der Waals surface area (Å²) in [4.78, 5) is 0.703. The number of thiophene rings is 1. The van der Waals surface area contributed by atoms with Gasteiger partial charge in [0, 0.05) is 10.4 Å². The van der Waals surface area contributed by atoms with E-state index in [0.717, 1.165) is 6.07 Å². The lowest BCUT2D eigenvalue weighted by Gasteiger charge is -2.11. The number of rotatable bonds is 2. The van der Waals surface area contributed by atoms with Gasteiger partial charge in [-0.05, 0) is 18.2 Å². The zero-order chi connectivity index (χ0) is 11.7. The Labute approximate surface area is 100 Å². The first-order valence-corrected chi connectivity index (χ1v) is 5.74. The fourth-order valence-electron chi connectivity index (χ4n) is 1.41. The van der Waals surface area contributed by atoms with E-state index in [-0.39, 0.29) is 5.56 Å². The number of nitrogens with two attached hydrogens (primary N) is 1. The molecule has 0 saturated carbocycles. The average molecular weight is 260 g/mol. The molecule has 1 heterocycles. The van der Waals surface area contributed by atoms with Crippen molar-refractivity contribution in [1.82, 2.24) is 0 Å². The molecule has 0 saturated heterocycles. The molecule has 0 spiro atoms. The minimum Gasteiger partial charge on any atom is -0.320 e. The molecule has 1 atom stereocenters. The first kappa shape index (κ1) is 11.5. The molecule has 1 nitrogen and oxygen atoms in total. The van der Waals surface area contributed by atoms with Crippen LogP contribution in [0.1, 0.15) is 16.5 Å². The summed E-state index contributed by atoms with van der Waals surface area (Å²) in [6.07, 6.45) is 0. The summed E-state index contributed by atoms with van der Waals surface area (Å²) in [6.45, 7) is 0. The van der Waals surface area contributed by atoms with Gasteiger partial charge in [0.15, 0.2) is 11.6 Å². The molecular weight excluding hydrogens is 252 g/mol. The van der Waals surface area contributed by atoms with Gasteiger partial charge in [0.05, 0.1) is 10.4 Å². The first-order chi connectivity index (χ1) is 7.59. The molecular formula is C11H8ClF2NS. The average Bonchev–Trinajstić information content (AvgIpc) is 2.68. The van der Waals surface area contributed by atoms with Gasteiger partial charge in [-0.3, -0.25) is 0 Å². The number of hydrogen-bond donors (Lipinski definition) is 1. The highest BCUT2D eigenvalue weighted by atomic mass is 35.5. The predicted molar refractivity (Wildman–Crippen MR) is 61.7 cm³/mol. The monoisotopic (exact) mass is 259 g/mol. The SMILES string of the molecule is NC(c1ccc(Cl)s1)c1cccc(F)c1F. The molecule has 2 aromatic rings. The molecule has 16 heavy (non-hydrogen) atoms. The van der Waals surface area contributed by atoms with Gasteiger partial charge in [0.2, 0.25) is 0 Å². The van der Waals surface area contributed by atoms with Crippen molar-refractivity contribution in [3.63, 3.8) is 0 Å². The molecule has 0 radical (unpaired) electrons. The Morgan fingerprint density at radius 2 is 1.94 bits per heavy atom. The van der Waals surface area contributed by atoms with Gasteiger partial charge in [-0.1, -0.05) is 23.7 Å². The lowest BCUT2D eigenvalue weighted by molar-refractivity contribution is 0.495. The second kappa shape index (κ2) is 4.49. The van der Waals surface area contributed by atoms with E-state index in [2.05, 4.69) is 0 Å². The number of benzene rings is 1. The molecule has 2 rings (SSSR count). The van der Waals surface area contributed by atoms with Crippen molar-refractivity contribution >= 4 is 22.9 Å². The van der Waals surface area contributed by atoms with Gasteiger partial charge < -0.3 is 5.73 Å². The maximum Gasteiger partial charge on any atom is 0.163 e. The molecule has 0 aliphatic heterocycles. The molecule has 1 aromatic heterocycles. The molecule has 0 amide bonds. The van der Waals surface area contributed by atoms with E-state index in [1.54, 1.807) is 12.1 Å². The molecule has 5 heteroatoms. The highest BCUT2D eigenvalue weighted by molar-refractivity contribution is 7.16. The third-order valence-electron chi connectivity index (χ3n) is 2.22. The normalized spacial score (nSPS) is 12.8. The third-order valence-corrected chi connectivity index (χ3v) is 3.53. The van der Waals surface area contributed by atoms with Crippen molar-refractivity contribution in [2.24, 2.45) is 5.73 Å². The zero-order valence-corrected chi connectivity index (χ0v) is 9.66. The lowest BCUT2D eigenvalue weighted by atomic mass is 10.1. The lowest BCUT2D eigenvalue weighted by Crippen LogP contribution is -2.12. The maximum absolute atomic E-state index is 13.5. The van der Waals surface area contributed by atoms with Crippen molar-refractivity contribution in [3.05, 3.63) is 56.7 Å². The summed E-state index contributed by atoms with van der Waals surface area (Å²) in [5.74, 6) is -1.80. The van der Waals surface area contributed by atoms with Crippen LogP contribution in [0.25, 0.3) is 0 Å². The summed E-state index contributed by atoms with van der Waals surface area (Å²) in [5.41, 5.74) is 5.98. The fraction of sp³-hybridized carbons (Fsp3) is 0.0909. The van der Waals surface area contributed by atoms with Gasteiger partial charge in [0.1, 0.15) is 0 Å². The van der Waals surface area contributed by atoms with Gasteiger partial charge in [-0.15, -0.1) is 11.3 Å². The van der Waals surface area contributed by atoms with Crippen molar-refractivity contribution < 1.29 is 8.78 Å². The van der Waals surface area contributed by atoms with Gasteiger partial charge in [0.25, 0.3) is 0 Å². The van der Waals surface area contributed by atoms with Crippen LogP contribution in [0.5, 0.6) is 0 Å². The predicted octanol–water partition coefficient (Wildman–Crippen LogP) is 3.73. The third kappa shape index (κ3) is 2.09. The number of hydrogen-bond acceptors (Lipinski definition) is 2. The van der Waals surface area contributed by atoms with Crippen LogP contribution in [0.15, 0.2) is 30.3 Å². The topological polar surface area (TPSA) is 26.0 Å². The smallest absolute Gasteiger partial charge is 0.163 e. The Morgan fingerprint density at radius 3 is 2.56 bits per heavy atom. The Kier molecular flexibility index (Phi) is 3.23. The van der Waals surface area contributed by atoms with Crippen LogP contribution in [0.4, 0.5) is 8.78 Å². The molecule has 2 N–H and O–H groups in total. The summed E-state index contributed by atoms with van der Waals surface area (Å²) in [6, 6.07) is 6.67. The Hall–Kier alpha value is -0.970. The van der Waals surface area contributed by atoms with Crippen LogP contribution >= 0.6 is 22.9 Å². The van der Waals surface area contributed by atoms with Crippen LogP contribution in [0.2, 0.25) is 4.34 Å². The highest BCUT2D eigenvalue weighted by Crippen LogP contribution is 2.30. The van der Waals surface area contributed by atoms with Crippen LogP contribution in [0, 0.1) is 11.6 Å². The van der Waals surface area contributed by atoms with E-state index in [4.69, 9.17) is 17.3 Å². The van der Waals surface area contributed by atoms with Gasteiger partial charge in [-0.2, -0.15) is 0 Å². The molecule has 84 valence electrons. The van der Waals surface area contributed by atoms with Crippen molar-refractivity contribution in [3.8, 4) is 0 Å². The minimum atomic E-state index is -0.903. The summed E-state index contributed by atoms with van der Waals surface area (Å²) >= 11 is 7.01. The summed E-state index contributed by atoms with van der Waals surface area (Å²) in [7, 11) is 0. The molecule has 1 aromatic carbocycles. The van der Waals surface area contributed by atoms with Crippen LogP contribution in [0.3, 0.4) is 0 Å². The van der Waals surface area contributed by atoms with Crippen molar-refractivity contribution in [2.45, 2.75) is 6.04 Å². The Morgan fingerprint density at radius 1 is 1.19 bits per heavy atom. The Balaban J connectivity index is 2.41. The largest absolute Gasteiger partial charge is 0.320 e. The van der Waals surface area contributed by atoms with E-state index in [9.17, 15) is 8.78 Å². The van der Waals surface area contributed by atoms with Gasteiger partial charge in [-0.25, -0.2) is 8.78 Å². The second-order valence-corrected chi connectivity index (χ2v) is 5.01. The van der Waals surface area contributed by atoms with Crippen molar-refractivity contribution in [2.75, 3.05) is 0 Å². The van der Waals surface area contributed by atoms with Crippen LogP contribution in [-0.4, -0.2) is 0 Å². The fourth-order valence-corrected chi connectivity index (χ4v) is 2.49. The van der Waals surface area contributed by atoms with Crippen molar-refractivity contribution in [1.29, 1.82) is 0 Å². The quantitative estimate of drug-likeness (QED) is 0.874. The first-order valence-electron chi connectivity index (χ1n) is 4.54. The van der Waals surface area contributed by atoms with E-state index < -0.39 is 17.7 Å². The number of halogens is 3. The highest BCUT2D eigenvalue weighted by Gasteiger charge is 2.17. The van der Waals surface area contributed by atoms with Gasteiger partial charge >= 0.3 is 0 Å². The second-order valence-electron chi connectivity index (χ2n) is 3.26.